The van der Waals surface area contributed by atoms with Crippen LogP contribution in [0.5, 0.6) is 0 Å². The zero-order valence-corrected chi connectivity index (χ0v) is 12.0. The third-order valence-electron chi connectivity index (χ3n) is 3.57. The number of aromatic nitrogens is 2. The molecular formula is C17H18N4. The first-order valence-corrected chi connectivity index (χ1v) is 7.07. The second kappa shape index (κ2) is 5.89. The average Bonchev–Trinajstić information content (AvgIpc) is 2.53. The molecule has 21 heavy (non-hydrogen) atoms. The van der Waals surface area contributed by atoms with Crippen molar-refractivity contribution in [1.29, 1.82) is 0 Å². The molecule has 1 atom stereocenters. The Bertz CT molecular complexity index is 754. The van der Waals surface area contributed by atoms with Crippen LogP contribution in [-0.4, -0.2) is 16.5 Å². The van der Waals surface area contributed by atoms with Gasteiger partial charge in [0, 0.05) is 35.2 Å². The first-order valence-electron chi connectivity index (χ1n) is 7.07. The van der Waals surface area contributed by atoms with Gasteiger partial charge in [0.1, 0.15) is 0 Å². The van der Waals surface area contributed by atoms with E-state index in [9.17, 15) is 0 Å². The summed E-state index contributed by atoms with van der Waals surface area (Å²) >= 11 is 0. The van der Waals surface area contributed by atoms with Crippen LogP contribution in [0.15, 0.2) is 55.0 Å². The highest BCUT2D eigenvalue weighted by atomic mass is 14.9. The van der Waals surface area contributed by atoms with Crippen molar-refractivity contribution in [3.8, 4) is 0 Å². The van der Waals surface area contributed by atoms with E-state index in [0.717, 1.165) is 34.3 Å². The molecule has 2 heterocycles. The number of benzene rings is 1. The summed E-state index contributed by atoms with van der Waals surface area (Å²) in [6, 6.07) is 12.2. The molecule has 1 unspecified atom stereocenters. The summed E-state index contributed by atoms with van der Waals surface area (Å²) in [7, 11) is 0. The fourth-order valence-electron chi connectivity index (χ4n) is 2.54. The van der Waals surface area contributed by atoms with Crippen LogP contribution in [0.25, 0.3) is 10.9 Å². The number of nitrogens with zero attached hydrogens (tertiary/aromatic N) is 2. The van der Waals surface area contributed by atoms with Crippen molar-refractivity contribution in [1.82, 2.24) is 15.3 Å². The Labute approximate surface area is 124 Å². The number of hydrogen-bond acceptors (Lipinski definition) is 4. The van der Waals surface area contributed by atoms with Crippen LogP contribution in [0.1, 0.15) is 24.1 Å². The van der Waals surface area contributed by atoms with Crippen molar-refractivity contribution in [3.05, 3.63) is 66.1 Å². The van der Waals surface area contributed by atoms with Gasteiger partial charge in [-0.15, -0.1) is 0 Å². The molecule has 0 aliphatic carbocycles. The fraction of sp³-hybridized carbons (Fsp3) is 0.176. The molecule has 0 aliphatic rings. The van der Waals surface area contributed by atoms with Gasteiger partial charge < -0.3 is 11.1 Å². The van der Waals surface area contributed by atoms with Crippen LogP contribution in [0, 0.1) is 0 Å². The highest BCUT2D eigenvalue weighted by Crippen LogP contribution is 2.27. The summed E-state index contributed by atoms with van der Waals surface area (Å²) in [6.45, 7) is 2.94. The minimum Gasteiger partial charge on any atom is -0.398 e. The normalized spacial score (nSPS) is 12.4. The minimum absolute atomic E-state index is 0.0355. The molecule has 3 rings (SSSR count). The van der Waals surface area contributed by atoms with E-state index in [2.05, 4.69) is 40.4 Å². The number of nitrogen functional groups attached to an aromatic ring is 1. The van der Waals surface area contributed by atoms with Crippen LogP contribution in [0.2, 0.25) is 0 Å². The molecule has 4 nitrogen and oxygen atoms in total. The molecule has 0 bridgehead atoms. The smallest absolute Gasteiger partial charge is 0.0702 e. The van der Waals surface area contributed by atoms with E-state index in [1.165, 1.54) is 0 Å². The second-order valence-electron chi connectivity index (χ2n) is 4.95. The number of nitrogens with two attached hydrogens (primary N) is 1. The Balaban J connectivity index is 2.09. The van der Waals surface area contributed by atoms with Gasteiger partial charge in [-0.1, -0.05) is 19.1 Å². The Morgan fingerprint density at radius 3 is 2.90 bits per heavy atom. The standard InChI is InChI=1S/C17H18N4/c1-2-20-17(14-11-19-9-7-15(14)18)13-5-6-16-12(10-13)4-3-8-21-16/h3-11,17,20H,2H2,1H3,(H2,18,19). The van der Waals surface area contributed by atoms with E-state index in [4.69, 9.17) is 5.73 Å². The first-order chi connectivity index (χ1) is 10.3. The molecular weight excluding hydrogens is 260 g/mol. The van der Waals surface area contributed by atoms with Crippen LogP contribution >= 0.6 is 0 Å². The third-order valence-corrected chi connectivity index (χ3v) is 3.57. The van der Waals surface area contributed by atoms with E-state index in [1.807, 2.05) is 30.6 Å². The molecule has 4 heteroatoms. The van der Waals surface area contributed by atoms with Crippen LogP contribution in [0.3, 0.4) is 0 Å². The van der Waals surface area contributed by atoms with E-state index >= 15 is 0 Å². The van der Waals surface area contributed by atoms with Gasteiger partial charge in [0.05, 0.1) is 11.6 Å². The molecule has 0 radical (unpaired) electrons. The molecule has 1 aromatic carbocycles. The molecule has 0 fully saturated rings. The first kappa shape index (κ1) is 13.5. The molecule has 0 amide bonds. The number of anilines is 1. The van der Waals surface area contributed by atoms with Gasteiger partial charge in [-0.2, -0.15) is 0 Å². The largest absolute Gasteiger partial charge is 0.398 e. The van der Waals surface area contributed by atoms with Gasteiger partial charge in [0.15, 0.2) is 0 Å². The summed E-state index contributed by atoms with van der Waals surface area (Å²) in [5.41, 5.74) is 10.0. The van der Waals surface area contributed by atoms with Crippen molar-refractivity contribution in [3.63, 3.8) is 0 Å². The maximum Gasteiger partial charge on any atom is 0.0702 e. The number of hydrogen-bond donors (Lipinski definition) is 2. The van der Waals surface area contributed by atoms with Crippen molar-refractivity contribution in [2.24, 2.45) is 0 Å². The quantitative estimate of drug-likeness (QED) is 0.770. The molecule has 3 aromatic rings. The highest BCUT2D eigenvalue weighted by Gasteiger charge is 2.16. The van der Waals surface area contributed by atoms with Crippen molar-refractivity contribution in [2.75, 3.05) is 12.3 Å². The Morgan fingerprint density at radius 2 is 2.10 bits per heavy atom. The lowest BCUT2D eigenvalue weighted by molar-refractivity contribution is 0.631. The van der Waals surface area contributed by atoms with Gasteiger partial charge in [-0.25, -0.2) is 0 Å². The monoisotopic (exact) mass is 278 g/mol. The lowest BCUT2D eigenvalue weighted by Gasteiger charge is -2.20. The Hall–Kier alpha value is -2.46. The number of fused-ring (bicyclic) bond motifs is 1. The summed E-state index contributed by atoms with van der Waals surface area (Å²) in [5.74, 6) is 0. The highest BCUT2D eigenvalue weighted by molar-refractivity contribution is 5.79. The van der Waals surface area contributed by atoms with Gasteiger partial charge >= 0.3 is 0 Å². The third kappa shape index (κ3) is 2.71. The maximum atomic E-state index is 6.11. The van der Waals surface area contributed by atoms with E-state index in [-0.39, 0.29) is 6.04 Å². The summed E-state index contributed by atoms with van der Waals surface area (Å²) in [4.78, 5) is 8.56. The number of rotatable bonds is 4. The summed E-state index contributed by atoms with van der Waals surface area (Å²) in [5, 5.41) is 4.61. The molecule has 2 aromatic heterocycles. The fourth-order valence-corrected chi connectivity index (χ4v) is 2.54. The summed E-state index contributed by atoms with van der Waals surface area (Å²) < 4.78 is 0. The van der Waals surface area contributed by atoms with Gasteiger partial charge in [0.25, 0.3) is 0 Å². The molecule has 0 spiro atoms. The Kier molecular flexibility index (Phi) is 3.79. The molecule has 0 saturated heterocycles. The lowest BCUT2D eigenvalue weighted by atomic mass is 9.97. The van der Waals surface area contributed by atoms with Gasteiger partial charge in [0.2, 0.25) is 0 Å². The molecule has 0 aliphatic heterocycles. The zero-order chi connectivity index (χ0) is 14.7. The van der Waals surface area contributed by atoms with Gasteiger partial charge in [-0.05, 0) is 36.4 Å². The Morgan fingerprint density at radius 1 is 1.19 bits per heavy atom. The van der Waals surface area contributed by atoms with Crippen molar-refractivity contribution < 1.29 is 0 Å². The maximum absolute atomic E-state index is 6.11. The number of nitrogens with one attached hydrogen (secondary N) is 1. The van der Waals surface area contributed by atoms with E-state index < -0.39 is 0 Å². The number of pyridine rings is 2. The predicted octanol–water partition coefficient (Wildman–Crippen LogP) is 2.91. The van der Waals surface area contributed by atoms with Crippen molar-refractivity contribution in [2.45, 2.75) is 13.0 Å². The average molecular weight is 278 g/mol. The minimum atomic E-state index is 0.0355. The molecule has 3 N–H and O–H groups in total. The van der Waals surface area contributed by atoms with E-state index in [0.29, 0.717) is 0 Å². The molecule has 0 saturated carbocycles. The zero-order valence-electron chi connectivity index (χ0n) is 12.0. The van der Waals surface area contributed by atoms with Crippen molar-refractivity contribution >= 4 is 16.6 Å². The van der Waals surface area contributed by atoms with Crippen LogP contribution in [0.4, 0.5) is 5.69 Å². The topological polar surface area (TPSA) is 63.8 Å². The summed E-state index contributed by atoms with van der Waals surface area (Å²) in [6.07, 6.45) is 5.35. The molecule has 106 valence electrons. The van der Waals surface area contributed by atoms with Crippen LogP contribution < -0.4 is 11.1 Å². The predicted molar refractivity (Wildman–Crippen MR) is 85.9 cm³/mol. The second-order valence-corrected chi connectivity index (χ2v) is 4.95. The lowest BCUT2D eigenvalue weighted by Crippen LogP contribution is -2.23. The van der Waals surface area contributed by atoms with E-state index in [1.54, 1.807) is 6.20 Å². The van der Waals surface area contributed by atoms with Crippen LogP contribution in [-0.2, 0) is 0 Å². The SMILES string of the molecule is CCNC(c1ccc2ncccc2c1)c1cnccc1N. The van der Waals surface area contributed by atoms with Gasteiger partial charge in [-0.3, -0.25) is 9.97 Å².